The molecule has 1 aromatic carbocycles. The number of amides is 1. The molecule has 0 aliphatic carbocycles. The quantitative estimate of drug-likeness (QED) is 0.835. The maximum absolute atomic E-state index is 12.6. The molecule has 1 aliphatic heterocycles. The highest BCUT2D eigenvalue weighted by Crippen LogP contribution is 2.19. The number of rotatable bonds is 6. The van der Waals surface area contributed by atoms with Crippen LogP contribution < -0.4 is 11.1 Å². The van der Waals surface area contributed by atoms with E-state index in [0.717, 1.165) is 18.5 Å². The molecule has 0 saturated carbocycles. The van der Waals surface area contributed by atoms with E-state index in [4.69, 9.17) is 5.73 Å². The van der Waals surface area contributed by atoms with Crippen LogP contribution >= 0.6 is 0 Å². The van der Waals surface area contributed by atoms with Crippen LogP contribution in [0.4, 0.5) is 5.82 Å². The fourth-order valence-electron chi connectivity index (χ4n) is 3.66. The molecule has 3 N–H and O–H groups in total. The zero-order chi connectivity index (χ0) is 18.5. The number of nitrogens with two attached hydrogens (primary N) is 1. The molecule has 0 bridgehead atoms. The number of carbonyl (C=O) groups is 1. The molecule has 1 aromatic heterocycles. The Morgan fingerprint density at radius 3 is 2.85 bits per heavy atom. The number of nitrogens with one attached hydrogen (secondary N) is 1. The van der Waals surface area contributed by atoms with Crippen LogP contribution in [0.25, 0.3) is 0 Å². The molecular weight excluding hydrogens is 326 g/mol. The summed E-state index contributed by atoms with van der Waals surface area (Å²) in [4.78, 5) is 15.0. The molecule has 3 rings (SSSR count). The van der Waals surface area contributed by atoms with Crippen LogP contribution in [0, 0.1) is 0 Å². The molecule has 140 valence electrons. The number of nitrogen functional groups attached to an aromatic ring is 1. The van der Waals surface area contributed by atoms with Gasteiger partial charge in [0.2, 0.25) is 0 Å². The molecule has 2 unspecified atom stereocenters. The topological polar surface area (TPSA) is 76.2 Å². The van der Waals surface area contributed by atoms with Gasteiger partial charge >= 0.3 is 0 Å². The number of likely N-dealkylation sites (tertiary alicyclic amines) is 1. The fourth-order valence-corrected chi connectivity index (χ4v) is 3.66. The Morgan fingerprint density at radius 2 is 2.12 bits per heavy atom. The molecule has 0 spiro atoms. The Labute approximate surface area is 155 Å². The lowest BCUT2D eigenvalue weighted by atomic mass is 9.97. The third kappa shape index (κ3) is 4.43. The largest absolute Gasteiger partial charge is 0.383 e. The number of aromatic nitrogens is 2. The summed E-state index contributed by atoms with van der Waals surface area (Å²) in [5.41, 5.74) is 7.71. The number of hydrogen-bond donors (Lipinski definition) is 2. The third-order valence-corrected chi connectivity index (χ3v) is 5.22. The molecule has 2 heterocycles. The minimum absolute atomic E-state index is 0.102. The van der Waals surface area contributed by atoms with Crippen LogP contribution in [0.2, 0.25) is 0 Å². The normalized spacial score (nSPS) is 19.2. The Bertz CT molecular complexity index is 727. The highest BCUT2D eigenvalue weighted by atomic mass is 16.1. The van der Waals surface area contributed by atoms with Gasteiger partial charge in [0.1, 0.15) is 11.4 Å². The van der Waals surface area contributed by atoms with Gasteiger partial charge in [-0.1, -0.05) is 36.8 Å². The molecular formula is C20H29N5O. The average Bonchev–Trinajstić information content (AvgIpc) is 2.98. The molecule has 1 saturated heterocycles. The molecule has 0 radical (unpaired) electrons. The van der Waals surface area contributed by atoms with E-state index in [2.05, 4.69) is 29.3 Å². The maximum atomic E-state index is 12.6. The molecule has 26 heavy (non-hydrogen) atoms. The maximum Gasteiger partial charge on any atom is 0.256 e. The van der Waals surface area contributed by atoms with E-state index >= 15 is 0 Å². The number of benzene rings is 1. The third-order valence-electron chi connectivity index (χ3n) is 5.22. The molecule has 1 fully saturated rings. The first-order chi connectivity index (χ1) is 12.5. The van der Waals surface area contributed by atoms with Gasteiger partial charge in [-0.15, -0.1) is 0 Å². The van der Waals surface area contributed by atoms with Gasteiger partial charge in [-0.3, -0.25) is 4.79 Å². The minimum Gasteiger partial charge on any atom is -0.383 e. The summed E-state index contributed by atoms with van der Waals surface area (Å²) in [7, 11) is 2.17. The van der Waals surface area contributed by atoms with Crippen molar-refractivity contribution in [2.45, 2.75) is 51.2 Å². The summed E-state index contributed by atoms with van der Waals surface area (Å²) in [5, 5.41) is 7.37. The van der Waals surface area contributed by atoms with E-state index in [-0.39, 0.29) is 11.9 Å². The first-order valence-corrected chi connectivity index (χ1v) is 9.41. The second kappa shape index (κ2) is 8.36. The van der Waals surface area contributed by atoms with Crippen molar-refractivity contribution in [3.05, 3.63) is 47.7 Å². The second-order valence-corrected chi connectivity index (χ2v) is 7.33. The predicted molar refractivity (Wildman–Crippen MR) is 104 cm³/mol. The van der Waals surface area contributed by atoms with Crippen molar-refractivity contribution in [1.82, 2.24) is 20.0 Å². The lowest BCUT2D eigenvalue weighted by molar-refractivity contribution is 0.0924. The Morgan fingerprint density at radius 1 is 1.35 bits per heavy atom. The molecule has 1 amide bonds. The van der Waals surface area contributed by atoms with Gasteiger partial charge in [0.25, 0.3) is 5.91 Å². The van der Waals surface area contributed by atoms with Gasteiger partial charge < -0.3 is 16.0 Å². The Kier molecular flexibility index (Phi) is 5.93. The van der Waals surface area contributed by atoms with Crippen LogP contribution in [0.15, 0.2) is 36.5 Å². The van der Waals surface area contributed by atoms with Crippen LogP contribution in [0.3, 0.4) is 0 Å². The summed E-state index contributed by atoms with van der Waals surface area (Å²) in [5.74, 6) is 0.265. The SMILES string of the molecule is CC(CC1CCCCN1C)NC(=O)c1cnn(Cc2ccccc2)c1N. The van der Waals surface area contributed by atoms with Crippen molar-refractivity contribution in [1.29, 1.82) is 0 Å². The number of anilines is 1. The van der Waals surface area contributed by atoms with Gasteiger partial charge in [0.05, 0.1) is 12.7 Å². The highest BCUT2D eigenvalue weighted by molar-refractivity contribution is 5.98. The lowest BCUT2D eigenvalue weighted by Gasteiger charge is -2.34. The van der Waals surface area contributed by atoms with E-state index < -0.39 is 0 Å². The Balaban J connectivity index is 1.59. The van der Waals surface area contributed by atoms with E-state index in [0.29, 0.717) is 24.0 Å². The fraction of sp³-hybridized carbons (Fsp3) is 0.500. The van der Waals surface area contributed by atoms with Crippen LogP contribution in [0.5, 0.6) is 0 Å². The monoisotopic (exact) mass is 355 g/mol. The van der Waals surface area contributed by atoms with Crippen molar-refractivity contribution in [2.75, 3.05) is 19.3 Å². The summed E-state index contributed by atoms with van der Waals surface area (Å²) in [6.07, 6.45) is 6.26. The van der Waals surface area contributed by atoms with Crippen molar-refractivity contribution in [3.8, 4) is 0 Å². The van der Waals surface area contributed by atoms with Gasteiger partial charge in [-0.05, 0) is 45.3 Å². The van der Waals surface area contributed by atoms with Gasteiger partial charge in [-0.2, -0.15) is 5.10 Å². The van der Waals surface area contributed by atoms with Crippen molar-refractivity contribution in [3.63, 3.8) is 0 Å². The summed E-state index contributed by atoms with van der Waals surface area (Å²) < 4.78 is 1.67. The van der Waals surface area contributed by atoms with E-state index in [9.17, 15) is 4.79 Å². The van der Waals surface area contributed by atoms with E-state index in [1.165, 1.54) is 19.3 Å². The molecule has 1 aliphatic rings. The zero-order valence-electron chi connectivity index (χ0n) is 15.7. The lowest BCUT2D eigenvalue weighted by Crippen LogP contribution is -2.42. The Hall–Kier alpha value is -2.34. The van der Waals surface area contributed by atoms with Crippen LogP contribution in [-0.4, -0.2) is 46.3 Å². The number of hydrogen-bond acceptors (Lipinski definition) is 4. The standard InChI is InChI=1S/C20H29N5O/c1-15(12-17-10-6-7-11-24(17)2)23-20(26)18-13-22-25(19(18)21)14-16-8-4-3-5-9-16/h3-5,8-9,13,15,17H,6-7,10-12,14,21H2,1-2H3,(H,23,26). The minimum atomic E-state index is -0.146. The van der Waals surface area contributed by atoms with E-state index in [1.54, 1.807) is 10.9 Å². The van der Waals surface area contributed by atoms with E-state index in [1.807, 2.05) is 30.3 Å². The average molecular weight is 355 g/mol. The van der Waals surface area contributed by atoms with Gasteiger partial charge in [0.15, 0.2) is 0 Å². The summed E-state index contributed by atoms with van der Waals surface area (Å²) in [6, 6.07) is 10.6. The molecule has 2 aromatic rings. The van der Waals surface area contributed by atoms with Crippen molar-refractivity contribution >= 4 is 11.7 Å². The van der Waals surface area contributed by atoms with Gasteiger partial charge in [0, 0.05) is 12.1 Å². The zero-order valence-corrected chi connectivity index (χ0v) is 15.7. The predicted octanol–water partition coefficient (Wildman–Crippen LogP) is 2.51. The summed E-state index contributed by atoms with van der Waals surface area (Å²) >= 11 is 0. The first kappa shape index (κ1) is 18.5. The van der Waals surface area contributed by atoms with Crippen LogP contribution in [0.1, 0.15) is 48.5 Å². The molecule has 6 nitrogen and oxygen atoms in total. The number of carbonyl (C=O) groups excluding carboxylic acids is 1. The van der Waals surface area contributed by atoms with Crippen molar-refractivity contribution in [2.24, 2.45) is 0 Å². The van der Waals surface area contributed by atoms with Crippen molar-refractivity contribution < 1.29 is 4.79 Å². The van der Waals surface area contributed by atoms with Gasteiger partial charge in [-0.25, -0.2) is 4.68 Å². The second-order valence-electron chi connectivity index (χ2n) is 7.33. The molecule has 6 heteroatoms. The number of nitrogens with zero attached hydrogens (tertiary/aromatic N) is 3. The highest BCUT2D eigenvalue weighted by Gasteiger charge is 2.23. The molecule has 2 atom stereocenters. The summed E-state index contributed by atoms with van der Waals surface area (Å²) in [6.45, 7) is 3.76. The van der Waals surface area contributed by atoms with Crippen LogP contribution in [-0.2, 0) is 6.54 Å². The smallest absolute Gasteiger partial charge is 0.256 e. The first-order valence-electron chi connectivity index (χ1n) is 9.41. The number of piperidine rings is 1.